The molecule has 6 heteroatoms. The van der Waals surface area contributed by atoms with Crippen LogP contribution in [-0.2, 0) is 4.74 Å². The van der Waals surface area contributed by atoms with Gasteiger partial charge in [0.15, 0.2) is 11.0 Å². The zero-order valence-electron chi connectivity index (χ0n) is 8.14. The Morgan fingerprint density at radius 3 is 3.07 bits per heavy atom. The first kappa shape index (κ1) is 10.6. The number of anilines is 1. The summed E-state index contributed by atoms with van der Waals surface area (Å²) in [4.78, 5) is 10.1. The van der Waals surface area contributed by atoms with E-state index in [1.165, 1.54) is 0 Å². The number of ether oxygens (including phenoxy) is 1. The van der Waals surface area contributed by atoms with Crippen LogP contribution in [0.4, 0.5) is 5.82 Å². The highest BCUT2D eigenvalue weighted by atomic mass is 35.5. The molecule has 0 aromatic carbocycles. The van der Waals surface area contributed by atoms with E-state index >= 15 is 0 Å². The summed E-state index contributed by atoms with van der Waals surface area (Å²) < 4.78 is 5.27. The second-order valence-corrected chi connectivity index (χ2v) is 3.63. The molecule has 1 aliphatic rings. The number of aromatic nitrogens is 2. The van der Waals surface area contributed by atoms with E-state index < -0.39 is 0 Å². The predicted octanol–water partition coefficient (Wildman–Crippen LogP) is 0.327. The van der Waals surface area contributed by atoms with Crippen molar-refractivity contribution in [2.75, 3.05) is 31.3 Å². The number of rotatable bonds is 2. The van der Waals surface area contributed by atoms with E-state index in [-0.39, 0.29) is 12.6 Å². The second kappa shape index (κ2) is 4.74. The maximum atomic E-state index is 9.20. The summed E-state index contributed by atoms with van der Waals surface area (Å²) in [5.74, 6) is 0.613. The number of aliphatic hydroxyl groups excluding tert-OH is 1. The molecular weight excluding hydrogens is 218 g/mol. The summed E-state index contributed by atoms with van der Waals surface area (Å²) in [7, 11) is 0. The summed E-state index contributed by atoms with van der Waals surface area (Å²) in [6, 6.07) is -0.0899. The number of halogens is 1. The van der Waals surface area contributed by atoms with Crippen molar-refractivity contribution < 1.29 is 9.84 Å². The lowest BCUT2D eigenvalue weighted by molar-refractivity contribution is 0.0722. The molecule has 2 heterocycles. The number of morpholine rings is 1. The molecule has 0 amide bonds. The highest BCUT2D eigenvalue weighted by Gasteiger charge is 2.25. The van der Waals surface area contributed by atoms with Crippen LogP contribution in [0.15, 0.2) is 12.4 Å². The zero-order chi connectivity index (χ0) is 10.7. The van der Waals surface area contributed by atoms with Gasteiger partial charge in [-0.2, -0.15) is 0 Å². The van der Waals surface area contributed by atoms with Gasteiger partial charge in [-0.1, -0.05) is 11.6 Å². The van der Waals surface area contributed by atoms with E-state index in [1.807, 2.05) is 4.90 Å². The average molecular weight is 230 g/mol. The van der Waals surface area contributed by atoms with Crippen LogP contribution in [-0.4, -0.2) is 47.5 Å². The van der Waals surface area contributed by atoms with E-state index in [0.29, 0.717) is 30.7 Å². The van der Waals surface area contributed by atoms with Crippen molar-refractivity contribution in [3.63, 3.8) is 0 Å². The normalized spacial score (nSPS) is 21.7. The van der Waals surface area contributed by atoms with Crippen molar-refractivity contribution in [2.45, 2.75) is 6.04 Å². The molecule has 1 aromatic heterocycles. The Morgan fingerprint density at radius 1 is 1.53 bits per heavy atom. The van der Waals surface area contributed by atoms with Crippen LogP contribution in [0, 0.1) is 0 Å². The largest absolute Gasteiger partial charge is 0.394 e. The molecule has 82 valence electrons. The summed E-state index contributed by atoms with van der Waals surface area (Å²) in [6.45, 7) is 1.79. The Morgan fingerprint density at radius 2 is 2.33 bits per heavy atom. The average Bonchev–Trinajstić information content (AvgIpc) is 2.30. The molecular formula is C9H12ClN3O2. The number of nitrogens with zero attached hydrogens (tertiary/aromatic N) is 3. The fraction of sp³-hybridized carbons (Fsp3) is 0.556. The fourth-order valence-corrected chi connectivity index (χ4v) is 1.80. The van der Waals surface area contributed by atoms with Crippen LogP contribution in [0.3, 0.4) is 0 Å². The topological polar surface area (TPSA) is 58.5 Å². The fourth-order valence-electron chi connectivity index (χ4n) is 1.59. The zero-order valence-corrected chi connectivity index (χ0v) is 8.89. The Hall–Kier alpha value is -0.910. The maximum absolute atomic E-state index is 9.20. The van der Waals surface area contributed by atoms with Crippen molar-refractivity contribution in [3.05, 3.63) is 17.5 Å². The first-order valence-electron chi connectivity index (χ1n) is 4.74. The van der Waals surface area contributed by atoms with E-state index in [2.05, 4.69) is 9.97 Å². The summed E-state index contributed by atoms with van der Waals surface area (Å²) in [5, 5.41) is 9.56. The highest BCUT2D eigenvalue weighted by Crippen LogP contribution is 2.23. The third-order valence-corrected chi connectivity index (χ3v) is 2.61. The Balaban J connectivity index is 2.24. The van der Waals surface area contributed by atoms with Crippen LogP contribution < -0.4 is 4.90 Å². The van der Waals surface area contributed by atoms with Crippen molar-refractivity contribution >= 4 is 17.4 Å². The lowest BCUT2D eigenvalue weighted by Crippen LogP contribution is -2.48. The van der Waals surface area contributed by atoms with Crippen molar-refractivity contribution in [1.29, 1.82) is 0 Å². The number of hydrogen-bond donors (Lipinski definition) is 1. The third kappa shape index (κ3) is 2.19. The standard InChI is InChI=1S/C9H12ClN3O2/c10-8-9(12-2-1-11-8)13-3-4-15-6-7(13)5-14/h1-2,7,14H,3-6H2. The van der Waals surface area contributed by atoms with Crippen LogP contribution in [0.5, 0.6) is 0 Å². The molecule has 0 saturated carbocycles. The minimum Gasteiger partial charge on any atom is -0.394 e. The van der Waals surface area contributed by atoms with Crippen LogP contribution in [0.2, 0.25) is 5.15 Å². The lowest BCUT2D eigenvalue weighted by Gasteiger charge is -2.35. The molecule has 0 spiro atoms. The Bertz CT molecular complexity index is 337. The molecule has 0 aliphatic carbocycles. The third-order valence-electron chi connectivity index (χ3n) is 2.35. The lowest BCUT2D eigenvalue weighted by atomic mass is 10.2. The molecule has 2 rings (SSSR count). The SMILES string of the molecule is OCC1COCCN1c1nccnc1Cl. The molecule has 0 radical (unpaired) electrons. The molecule has 1 atom stereocenters. The number of aliphatic hydroxyl groups is 1. The summed E-state index contributed by atoms with van der Waals surface area (Å²) in [6.07, 6.45) is 3.13. The van der Waals surface area contributed by atoms with Gasteiger partial charge in [-0.3, -0.25) is 0 Å². The van der Waals surface area contributed by atoms with Gasteiger partial charge in [-0.05, 0) is 0 Å². The van der Waals surface area contributed by atoms with Gasteiger partial charge in [-0.25, -0.2) is 9.97 Å². The van der Waals surface area contributed by atoms with E-state index in [9.17, 15) is 5.11 Å². The second-order valence-electron chi connectivity index (χ2n) is 3.28. The van der Waals surface area contributed by atoms with Crippen LogP contribution in [0.25, 0.3) is 0 Å². The van der Waals surface area contributed by atoms with Gasteiger partial charge in [0.25, 0.3) is 0 Å². The van der Waals surface area contributed by atoms with Gasteiger partial charge in [0.1, 0.15) is 0 Å². The summed E-state index contributed by atoms with van der Waals surface area (Å²) >= 11 is 5.94. The molecule has 1 aromatic rings. The molecule has 5 nitrogen and oxygen atoms in total. The minimum absolute atomic E-state index is 0.0207. The van der Waals surface area contributed by atoms with Crippen molar-refractivity contribution in [3.8, 4) is 0 Å². The molecule has 1 N–H and O–H groups in total. The van der Waals surface area contributed by atoms with Crippen LogP contribution in [0.1, 0.15) is 0 Å². The minimum atomic E-state index is -0.0899. The van der Waals surface area contributed by atoms with Gasteiger partial charge in [0, 0.05) is 18.9 Å². The Kier molecular flexibility index (Phi) is 3.35. The maximum Gasteiger partial charge on any atom is 0.171 e. The first-order valence-corrected chi connectivity index (χ1v) is 5.12. The van der Waals surface area contributed by atoms with Gasteiger partial charge < -0.3 is 14.7 Å². The molecule has 1 saturated heterocycles. The molecule has 1 aliphatic heterocycles. The monoisotopic (exact) mass is 229 g/mol. The smallest absolute Gasteiger partial charge is 0.171 e. The predicted molar refractivity (Wildman–Crippen MR) is 56.1 cm³/mol. The van der Waals surface area contributed by atoms with Gasteiger partial charge in [0.05, 0.1) is 25.9 Å². The highest BCUT2D eigenvalue weighted by molar-refractivity contribution is 6.31. The number of hydrogen-bond acceptors (Lipinski definition) is 5. The van der Waals surface area contributed by atoms with Gasteiger partial charge in [0.2, 0.25) is 0 Å². The molecule has 1 fully saturated rings. The van der Waals surface area contributed by atoms with E-state index in [0.717, 1.165) is 0 Å². The van der Waals surface area contributed by atoms with Crippen LogP contribution >= 0.6 is 11.6 Å². The molecule has 15 heavy (non-hydrogen) atoms. The van der Waals surface area contributed by atoms with Gasteiger partial charge >= 0.3 is 0 Å². The van der Waals surface area contributed by atoms with Crippen molar-refractivity contribution in [1.82, 2.24) is 9.97 Å². The van der Waals surface area contributed by atoms with Gasteiger partial charge in [-0.15, -0.1) is 0 Å². The Labute approximate surface area is 92.7 Å². The molecule has 1 unspecified atom stereocenters. The van der Waals surface area contributed by atoms with Crippen molar-refractivity contribution in [2.24, 2.45) is 0 Å². The van der Waals surface area contributed by atoms with E-state index in [4.69, 9.17) is 16.3 Å². The summed E-state index contributed by atoms with van der Waals surface area (Å²) in [5.41, 5.74) is 0. The molecule has 0 bridgehead atoms. The quantitative estimate of drug-likeness (QED) is 0.792. The first-order chi connectivity index (χ1) is 7.33. The van der Waals surface area contributed by atoms with E-state index in [1.54, 1.807) is 12.4 Å².